The van der Waals surface area contributed by atoms with Crippen LogP contribution in [0.5, 0.6) is 0 Å². The number of nitriles is 1. The normalized spacial score (nSPS) is 11.4. The summed E-state index contributed by atoms with van der Waals surface area (Å²) in [6, 6.07) is 10.0. The van der Waals surface area contributed by atoms with E-state index < -0.39 is 0 Å². The van der Waals surface area contributed by atoms with E-state index in [0.717, 1.165) is 22.8 Å². The topological polar surface area (TPSA) is 86.2 Å². The first kappa shape index (κ1) is 17.6. The summed E-state index contributed by atoms with van der Waals surface area (Å²) in [6.07, 6.45) is 8.92. The quantitative estimate of drug-likeness (QED) is 0.252. The Balaban J connectivity index is 1.68. The van der Waals surface area contributed by atoms with Crippen LogP contribution in [-0.4, -0.2) is 29.8 Å². The van der Waals surface area contributed by atoms with E-state index in [2.05, 4.69) is 20.6 Å². The highest BCUT2D eigenvalue weighted by atomic mass is 32.2. The van der Waals surface area contributed by atoms with Gasteiger partial charge in [0.1, 0.15) is 6.26 Å². The van der Waals surface area contributed by atoms with Crippen LogP contribution in [0.2, 0.25) is 0 Å². The van der Waals surface area contributed by atoms with Crippen molar-refractivity contribution in [3.05, 3.63) is 60.3 Å². The molecule has 2 rings (SSSR count). The molecule has 0 aliphatic heterocycles. The molecule has 0 spiro atoms. The molecule has 7 heteroatoms. The highest BCUT2D eigenvalue weighted by molar-refractivity contribution is 7.98. The van der Waals surface area contributed by atoms with Crippen LogP contribution in [-0.2, 0) is 5.75 Å². The van der Waals surface area contributed by atoms with Gasteiger partial charge in [0.25, 0.3) is 0 Å². The maximum absolute atomic E-state index is 8.78. The summed E-state index contributed by atoms with van der Waals surface area (Å²) in [5, 5.41) is 14.5. The van der Waals surface area contributed by atoms with Gasteiger partial charge in [-0.25, -0.2) is 9.98 Å². The molecule has 0 aliphatic rings. The fourth-order valence-corrected chi connectivity index (χ4v) is 2.56. The lowest BCUT2D eigenvalue weighted by atomic mass is 10.2. The van der Waals surface area contributed by atoms with Crippen molar-refractivity contribution in [2.24, 2.45) is 4.99 Å². The Kier molecular flexibility index (Phi) is 8.02. The van der Waals surface area contributed by atoms with E-state index in [0.29, 0.717) is 19.0 Å². The molecule has 1 aromatic carbocycles. The van der Waals surface area contributed by atoms with Crippen molar-refractivity contribution in [1.82, 2.24) is 15.6 Å². The van der Waals surface area contributed by atoms with Crippen molar-refractivity contribution < 1.29 is 4.42 Å². The number of guanidine groups is 1. The Labute approximate surface area is 145 Å². The third-order valence-corrected chi connectivity index (χ3v) is 3.90. The van der Waals surface area contributed by atoms with Crippen molar-refractivity contribution in [3.8, 4) is 6.19 Å². The predicted octanol–water partition coefficient (Wildman–Crippen LogP) is 2.64. The number of thioether (sulfide) groups is 1. The average Bonchev–Trinajstić information content (AvgIpc) is 3.12. The van der Waals surface area contributed by atoms with Gasteiger partial charge < -0.3 is 9.73 Å². The van der Waals surface area contributed by atoms with Crippen LogP contribution >= 0.6 is 11.8 Å². The van der Waals surface area contributed by atoms with Gasteiger partial charge in [0.05, 0.1) is 12.2 Å². The number of aromatic nitrogens is 1. The Morgan fingerprint density at radius 1 is 1.38 bits per heavy atom. The molecule has 0 atom stereocenters. The zero-order valence-electron chi connectivity index (χ0n) is 13.2. The molecule has 124 valence electrons. The molecule has 0 amide bonds. The van der Waals surface area contributed by atoms with Crippen LogP contribution in [0.25, 0.3) is 6.08 Å². The van der Waals surface area contributed by atoms with Gasteiger partial charge in [0.2, 0.25) is 5.96 Å². The van der Waals surface area contributed by atoms with E-state index in [9.17, 15) is 0 Å². The van der Waals surface area contributed by atoms with E-state index in [1.165, 1.54) is 6.39 Å². The molecular weight excluding hydrogens is 322 g/mol. The summed E-state index contributed by atoms with van der Waals surface area (Å²) in [6.45, 7) is 1.20. The summed E-state index contributed by atoms with van der Waals surface area (Å²) >= 11 is 1.73. The molecule has 0 aliphatic carbocycles. The number of benzene rings is 1. The summed E-state index contributed by atoms with van der Waals surface area (Å²) in [5.41, 5.74) is 2.05. The summed E-state index contributed by atoms with van der Waals surface area (Å²) in [5.74, 6) is 2.16. The number of aliphatic imine (C=N–C) groups is 1. The average molecular weight is 341 g/mol. The molecule has 24 heavy (non-hydrogen) atoms. The Bertz CT molecular complexity index is 677. The highest BCUT2D eigenvalue weighted by Gasteiger charge is 1.98. The van der Waals surface area contributed by atoms with Crippen LogP contribution in [0.3, 0.4) is 0 Å². The molecule has 0 saturated heterocycles. The van der Waals surface area contributed by atoms with E-state index in [4.69, 9.17) is 9.68 Å². The lowest BCUT2D eigenvalue weighted by Crippen LogP contribution is -2.36. The van der Waals surface area contributed by atoms with Crippen LogP contribution in [0.1, 0.15) is 11.3 Å². The molecule has 1 heterocycles. The SMILES string of the molecule is N#CNC(=NC/C=C/c1ccccc1)NCCSCc1cocn1. The third-order valence-electron chi connectivity index (χ3n) is 2.91. The molecule has 0 unspecified atom stereocenters. The molecule has 0 fully saturated rings. The number of hydrogen-bond acceptors (Lipinski definition) is 5. The third kappa shape index (κ3) is 7.03. The highest BCUT2D eigenvalue weighted by Crippen LogP contribution is 2.08. The van der Waals surface area contributed by atoms with Gasteiger partial charge in [-0.05, 0) is 5.56 Å². The van der Waals surface area contributed by atoms with Crippen LogP contribution in [0.4, 0.5) is 0 Å². The molecule has 1 aromatic heterocycles. The fraction of sp³-hybridized carbons (Fsp3) is 0.235. The molecule has 0 radical (unpaired) electrons. The van der Waals surface area contributed by atoms with Crippen molar-refractivity contribution in [3.63, 3.8) is 0 Å². The fourth-order valence-electron chi connectivity index (χ4n) is 1.82. The van der Waals surface area contributed by atoms with Gasteiger partial charge in [0.15, 0.2) is 12.6 Å². The Morgan fingerprint density at radius 3 is 3.00 bits per heavy atom. The lowest BCUT2D eigenvalue weighted by molar-refractivity contribution is 0.557. The number of oxazole rings is 1. The summed E-state index contributed by atoms with van der Waals surface area (Å²) in [7, 11) is 0. The molecular formula is C17H19N5OS. The second-order valence-corrected chi connectivity index (χ2v) is 5.80. The smallest absolute Gasteiger partial charge is 0.205 e. The first-order valence-corrected chi connectivity index (χ1v) is 8.64. The summed E-state index contributed by atoms with van der Waals surface area (Å²) in [4.78, 5) is 8.38. The van der Waals surface area contributed by atoms with Crippen LogP contribution < -0.4 is 10.6 Å². The summed E-state index contributed by atoms with van der Waals surface area (Å²) < 4.78 is 4.92. The molecule has 2 N–H and O–H groups in total. The second-order valence-electron chi connectivity index (χ2n) is 4.70. The van der Waals surface area contributed by atoms with Gasteiger partial charge in [-0.2, -0.15) is 17.0 Å². The minimum Gasteiger partial charge on any atom is -0.451 e. The van der Waals surface area contributed by atoms with E-state index in [1.54, 1.807) is 18.0 Å². The first-order valence-electron chi connectivity index (χ1n) is 7.48. The number of nitrogens with one attached hydrogen (secondary N) is 2. The Morgan fingerprint density at radius 2 is 2.25 bits per heavy atom. The van der Waals surface area contributed by atoms with Gasteiger partial charge in [-0.1, -0.05) is 42.5 Å². The number of rotatable bonds is 8. The van der Waals surface area contributed by atoms with Crippen molar-refractivity contribution >= 4 is 23.8 Å². The van der Waals surface area contributed by atoms with Gasteiger partial charge in [0, 0.05) is 18.1 Å². The lowest BCUT2D eigenvalue weighted by Gasteiger charge is -2.06. The molecule has 0 bridgehead atoms. The van der Waals surface area contributed by atoms with Crippen molar-refractivity contribution in [1.29, 1.82) is 5.26 Å². The standard InChI is InChI=1S/C17H19N5OS/c18-13-21-17(19-8-4-7-15-5-2-1-3-6-15)20-9-10-24-12-16-11-23-14-22-16/h1-7,11,14H,8-10,12H2,(H2,19,20,21)/b7-4+. The van der Waals surface area contributed by atoms with E-state index in [1.807, 2.05) is 48.7 Å². The zero-order valence-corrected chi connectivity index (χ0v) is 14.0. The van der Waals surface area contributed by atoms with Crippen LogP contribution in [0, 0.1) is 11.5 Å². The number of hydrogen-bond donors (Lipinski definition) is 2. The van der Waals surface area contributed by atoms with E-state index >= 15 is 0 Å². The monoisotopic (exact) mass is 341 g/mol. The van der Waals surface area contributed by atoms with Crippen molar-refractivity contribution in [2.75, 3.05) is 18.8 Å². The van der Waals surface area contributed by atoms with Gasteiger partial charge in [-0.15, -0.1) is 0 Å². The molecule has 2 aromatic rings. The minimum absolute atomic E-state index is 0.484. The molecule has 6 nitrogen and oxygen atoms in total. The van der Waals surface area contributed by atoms with Crippen LogP contribution in [0.15, 0.2) is 58.5 Å². The van der Waals surface area contributed by atoms with Gasteiger partial charge in [-0.3, -0.25) is 5.32 Å². The minimum atomic E-state index is 0.484. The van der Waals surface area contributed by atoms with E-state index in [-0.39, 0.29) is 0 Å². The maximum Gasteiger partial charge on any atom is 0.205 e. The second kappa shape index (κ2) is 10.9. The largest absolute Gasteiger partial charge is 0.451 e. The zero-order chi connectivity index (χ0) is 16.9. The maximum atomic E-state index is 8.78. The van der Waals surface area contributed by atoms with Crippen molar-refractivity contribution in [2.45, 2.75) is 5.75 Å². The number of nitrogens with zero attached hydrogens (tertiary/aromatic N) is 3. The van der Waals surface area contributed by atoms with Gasteiger partial charge >= 0.3 is 0 Å². The first-order chi connectivity index (χ1) is 11.9. The predicted molar refractivity (Wildman–Crippen MR) is 97.2 cm³/mol. The molecule has 0 saturated carbocycles. The Hall–Kier alpha value is -2.72.